The van der Waals surface area contributed by atoms with Gasteiger partial charge in [-0.1, -0.05) is 0 Å². The molecule has 0 fully saturated rings. The third kappa shape index (κ3) is 3.45. The number of aryl methyl sites for hydroxylation is 3. The van der Waals surface area contributed by atoms with Crippen molar-refractivity contribution >= 4 is 40.1 Å². The summed E-state index contributed by atoms with van der Waals surface area (Å²) in [6, 6.07) is 1.68. The monoisotopic (exact) mass is 435 g/mol. The van der Waals surface area contributed by atoms with Crippen molar-refractivity contribution in [1.29, 1.82) is 0 Å². The lowest BCUT2D eigenvalue weighted by molar-refractivity contribution is 0.0600. The lowest BCUT2D eigenvalue weighted by Crippen LogP contribution is -2.15. The molecule has 1 aliphatic rings. The van der Waals surface area contributed by atoms with Crippen molar-refractivity contribution in [3.05, 3.63) is 35.9 Å². The number of hydrogen-bond donors (Lipinski definition) is 2. The molecule has 0 atom stereocenters. The summed E-state index contributed by atoms with van der Waals surface area (Å²) < 4.78 is 14.0. The molecule has 0 aliphatic carbocycles. The molecule has 164 valence electrons. The van der Waals surface area contributed by atoms with Crippen LogP contribution in [0.1, 0.15) is 22.5 Å². The lowest BCUT2D eigenvalue weighted by atomic mass is 10.2. The van der Waals surface area contributed by atoms with E-state index in [1.807, 2.05) is 11.6 Å². The third-order valence-corrected chi connectivity index (χ3v) is 5.13. The predicted molar refractivity (Wildman–Crippen MR) is 116 cm³/mol. The standard InChI is InChI=1S/C20H21N9O3/c1-11-14(7-12(8-21-11)19(30)31-3)24-16-13-9-22-20(26-17(13)28(2)27-16)25-15-10-23-29-5-4-6-32-18(15)29/h7-10H,4-6H2,1-3H3,(H,24,27)(H,22,25,26). The zero-order chi connectivity index (χ0) is 22.2. The highest BCUT2D eigenvalue weighted by atomic mass is 16.5. The van der Waals surface area contributed by atoms with E-state index in [-0.39, 0.29) is 0 Å². The van der Waals surface area contributed by atoms with Crippen LogP contribution in [0.15, 0.2) is 24.7 Å². The first-order valence-corrected chi connectivity index (χ1v) is 10.0. The normalized spacial score (nSPS) is 12.8. The van der Waals surface area contributed by atoms with Crippen LogP contribution < -0.4 is 15.4 Å². The topological polar surface area (TPSA) is 134 Å². The van der Waals surface area contributed by atoms with Crippen LogP contribution in [0.5, 0.6) is 5.88 Å². The average Bonchev–Trinajstić information content (AvgIpc) is 3.35. The van der Waals surface area contributed by atoms with Crippen molar-refractivity contribution in [2.24, 2.45) is 7.05 Å². The Morgan fingerprint density at radius 2 is 2.06 bits per heavy atom. The maximum Gasteiger partial charge on any atom is 0.339 e. The molecule has 5 heterocycles. The molecule has 4 aromatic heterocycles. The Kier molecular flexibility index (Phi) is 4.81. The Balaban J connectivity index is 1.44. The Bertz CT molecular complexity index is 1330. The van der Waals surface area contributed by atoms with Crippen LogP contribution >= 0.6 is 0 Å². The first-order valence-electron chi connectivity index (χ1n) is 10.0. The highest BCUT2D eigenvalue weighted by Crippen LogP contribution is 2.30. The molecule has 0 radical (unpaired) electrons. The minimum atomic E-state index is -0.461. The molecule has 5 rings (SSSR count). The molecule has 0 bridgehead atoms. The first kappa shape index (κ1) is 19.7. The van der Waals surface area contributed by atoms with Gasteiger partial charge in [-0.3, -0.25) is 4.98 Å². The van der Waals surface area contributed by atoms with Crippen LogP contribution in [0.3, 0.4) is 0 Å². The van der Waals surface area contributed by atoms with Crippen LogP contribution in [0.4, 0.5) is 23.1 Å². The van der Waals surface area contributed by atoms with E-state index in [2.05, 4.69) is 35.8 Å². The summed E-state index contributed by atoms with van der Waals surface area (Å²) in [5.74, 6) is 1.17. The van der Waals surface area contributed by atoms with Gasteiger partial charge >= 0.3 is 5.97 Å². The van der Waals surface area contributed by atoms with Gasteiger partial charge in [0.1, 0.15) is 5.69 Å². The molecule has 32 heavy (non-hydrogen) atoms. The number of pyridine rings is 1. The molecule has 0 saturated carbocycles. The van der Waals surface area contributed by atoms with E-state index >= 15 is 0 Å². The number of aromatic nitrogens is 7. The summed E-state index contributed by atoms with van der Waals surface area (Å²) >= 11 is 0. The van der Waals surface area contributed by atoms with E-state index in [1.54, 1.807) is 30.2 Å². The van der Waals surface area contributed by atoms with E-state index in [4.69, 9.17) is 9.47 Å². The van der Waals surface area contributed by atoms with Gasteiger partial charge in [-0.25, -0.2) is 19.1 Å². The number of ether oxygens (including phenoxy) is 2. The quantitative estimate of drug-likeness (QED) is 0.450. The summed E-state index contributed by atoms with van der Waals surface area (Å²) in [7, 11) is 3.13. The van der Waals surface area contributed by atoms with Gasteiger partial charge in [0.05, 0.1) is 42.2 Å². The second kappa shape index (κ2) is 7.80. The van der Waals surface area contributed by atoms with Gasteiger partial charge in [-0.2, -0.15) is 15.2 Å². The minimum absolute atomic E-state index is 0.343. The second-order valence-electron chi connectivity index (χ2n) is 7.29. The fourth-order valence-electron chi connectivity index (χ4n) is 3.48. The van der Waals surface area contributed by atoms with E-state index in [1.165, 1.54) is 13.3 Å². The largest absolute Gasteiger partial charge is 0.476 e. The molecule has 0 aromatic carbocycles. The van der Waals surface area contributed by atoms with Crippen molar-refractivity contribution in [3.8, 4) is 5.88 Å². The van der Waals surface area contributed by atoms with E-state index in [0.29, 0.717) is 57.9 Å². The van der Waals surface area contributed by atoms with Crippen LogP contribution in [0.25, 0.3) is 11.0 Å². The van der Waals surface area contributed by atoms with Gasteiger partial charge in [0.25, 0.3) is 0 Å². The molecule has 0 unspecified atom stereocenters. The van der Waals surface area contributed by atoms with Gasteiger partial charge in [0, 0.05) is 32.4 Å². The molecule has 0 spiro atoms. The smallest absolute Gasteiger partial charge is 0.339 e. The van der Waals surface area contributed by atoms with Crippen molar-refractivity contribution in [1.82, 2.24) is 34.5 Å². The molecule has 0 amide bonds. The summed E-state index contributed by atoms with van der Waals surface area (Å²) in [4.78, 5) is 25.1. The van der Waals surface area contributed by atoms with Gasteiger partial charge in [0.2, 0.25) is 11.8 Å². The number of methoxy groups -OCH3 is 1. The zero-order valence-corrected chi connectivity index (χ0v) is 17.8. The summed E-state index contributed by atoms with van der Waals surface area (Å²) in [5.41, 5.74) is 3.03. The highest BCUT2D eigenvalue weighted by Gasteiger charge is 2.19. The zero-order valence-electron chi connectivity index (χ0n) is 17.8. The molecule has 12 heteroatoms. The van der Waals surface area contributed by atoms with Crippen molar-refractivity contribution in [2.75, 3.05) is 24.4 Å². The van der Waals surface area contributed by atoms with E-state index < -0.39 is 5.97 Å². The lowest BCUT2D eigenvalue weighted by Gasteiger charge is -2.16. The maximum absolute atomic E-state index is 11.9. The first-order chi connectivity index (χ1) is 15.5. The summed E-state index contributed by atoms with van der Waals surface area (Å²) in [6.45, 7) is 3.31. The Morgan fingerprint density at radius 3 is 2.91 bits per heavy atom. The Hall–Kier alpha value is -4.22. The number of hydrogen-bond acceptors (Lipinski definition) is 10. The molecule has 0 saturated heterocycles. The van der Waals surface area contributed by atoms with Gasteiger partial charge < -0.3 is 20.1 Å². The minimum Gasteiger partial charge on any atom is -0.476 e. The summed E-state index contributed by atoms with van der Waals surface area (Å²) in [6.07, 6.45) is 5.79. The number of fused-ring (bicyclic) bond motifs is 2. The van der Waals surface area contributed by atoms with Crippen LogP contribution in [0.2, 0.25) is 0 Å². The van der Waals surface area contributed by atoms with Gasteiger partial charge in [-0.15, -0.1) is 0 Å². The number of esters is 1. The fourth-order valence-corrected chi connectivity index (χ4v) is 3.48. The number of rotatable bonds is 5. The Morgan fingerprint density at radius 1 is 1.19 bits per heavy atom. The fraction of sp³-hybridized carbons (Fsp3) is 0.300. The molecule has 12 nitrogen and oxygen atoms in total. The number of nitrogens with zero attached hydrogens (tertiary/aromatic N) is 7. The van der Waals surface area contributed by atoms with Gasteiger partial charge in [-0.05, 0) is 13.0 Å². The molecule has 4 aromatic rings. The predicted octanol–water partition coefficient (Wildman–Crippen LogP) is 2.32. The molecular weight excluding hydrogens is 414 g/mol. The highest BCUT2D eigenvalue weighted by molar-refractivity contribution is 5.92. The van der Waals surface area contributed by atoms with Crippen molar-refractivity contribution in [2.45, 2.75) is 19.9 Å². The molecular formula is C20H21N9O3. The van der Waals surface area contributed by atoms with Crippen LogP contribution in [-0.2, 0) is 18.3 Å². The van der Waals surface area contributed by atoms with Crippen molar-refractivity contribution in [3.63, 3.8) is 0 Å². The average molecular weight is 435 g/mol. The van der Waals surface area contributed by atoms with E-state index in [9.17, 15) is 4.79 Å². The maximum atomic E-state index is 11.9. The second-order valence-corrected chi connectivity index (χ2v) is 7.29. The van der Waals surface area contributed by atoms with Crippen molar-refractivity contribution < 1.29 is 14.3 Å². The third-order valence-electron chi connectivity index (χ3n) is 5.13. The SMILES string of the molecule is COC(=O)c1cnc(C)c(Nc2nn(C)c3nc(Nc4cnn5c4OCCC5)ncc23)c1. The number of carbonyl (C=O) groups is 1. The summed E-state index contributed by atoms with van der Waals surface area (Å²) in [5, 5.41) is 16.0. The van der Waals surface area contributed by atoms with Crippen LogP contribution in [0, 0.1) is 6.92 Å². The van der Waals surface area contributed by atoms with E-state index in [0.717, 1.165) is 13.0 Å². The number of anilines is 4. The number of carbonyl (C=O) groups excluding carboxylic acids is 1. The molecule has 1 aliphatic heterocycles. The van der Waals surface area contributed by atoms with Gasteiger partial charge in [0.15, 0.2) is 11.5 Å². The Labute approximate surface area is 182 Å². The van der Waals surface area contributed by atoms with Crippen LogP contribution in [-0.4, -0.2) is 54.2 Å². The molecule has 2 N–H and O–H groups in total. The number of nitrogens with one attached hydrogen (secondary N) is 2.